The van der Waals surface area contributed by atoms with Gasteiger partial charge in [0.25, 0.3) is 5.88 Å². The number of halogens is 4. The van der Waals surface area contributed by atoms with Crippen molar-refractivity contribution in [3.63, 3.8) is 0 Å². The fourth-order valence-electron chi connectivity index (χ4n) is 1.09. The maximum atomic E-state index is 13.4. The summed E-state index contributed by atoms with van der Waals surface area (Å²) in [6.45, 7) is 3.99. The van der Waals surface area contributed by atoms with E-state index in [0.717, 1.165) is 6.07 Å². The molecule has 0 unspecified atom stereocenters. The van der Waals surface area contributed by atoms with Crippen LogP contribution in [-0.4, -0.2) is 17.8 Å². The molecule has 0 saturated heterocycles. The number of hydrogen-bond donors (Lipinski definition) is 0. The monoisotopic (exact) mass is 251 g/mol. The normalized spacial score (nSPS) is 12.6. The van der Waals surface area contributed by atoms with E-state index in [2.05, 4.69) is 9.72 Å². The lowest BCUT2D eigenvalue weighted by molar-refractivity contribution is -0.154. The Morgan fingerprint density at radius 2 is 1.82 bits per heavy atom. The number of rotatable bonds is 2. The van der Waals surface area contributed by atoms with Crippen molar-refractivity contribution in [2.75, 3.05) is 6.61 Å². The van der Waals surface area contributed by atoms with Gasteiger partial charge in [-0.15, -0.1) is 0 Å². The molecule has 0 aliphatic carbocycles. The summed E-state index contributed by atoms with van der Waals surface area (Å²) >= 11 is 0. The fraction of sp³-hybridized carbons (Fsp3) is 0.545. The van der Waals surface area contributed by atoms with Crippen LogP contribution in [0.5, 0.6) is 5.88 Å². The Hall–Kier alpha value is -1.33. The molecule has 1 rings (SSSR count). The van der Waals surface area contributed by atoms with Crippen LogP contribution in [0.25, 0.3) is 0 Å². The van der Waals surface area contributed by atoms with Crippen molar-refractivity contribution in [2.24, 2.45) is 0 Å². The van der Waals surface area contributed by atoms with Crippen molar-refractivity contribution >= 4 is 0 Å². The minimum Gasteiger partial charge on any atom is -0.466 e. The van der Waals surface area contributed by atoms with Crippen LogP contribution in [0.2, 0.25) is 0 Å². The Kier molecular flexibility index (Phi) is 3.64. The minimum absolute atomic E-state index is 0.323. The molecule has 1 aromatic heterocycles. The van der Waals surface area contributed by atoms with Gasteiger partial charge in [-0.3, -0.25) is 0 Å². The van der Waals surface area contributed by atoms with Gasteiger partial charge < -0.3 is 4.74 Å². The molecule has 96 valence electrons. The maximum Gasteiger partial charge on any atom is 0.422 e. The predicted molar refractivity (Wildman–Crippen MR) is 54.4 cm³/mol. The molecule has 1 aromatic rings. The van der Waals surface area contributed by atoms with Crippen LogP contribution in [0.3, 0.4) is 0 Å². The summed E-state index contributed by atoms with van der Waals surface area (Å²) in [5.74, 6) is -1.52. The van der Waals surface area contributed by atoms with E-state index >= 15 is 0 Å². The number of nitrogens with zero attached hydrogens (tertiary/aromatic N) is 1. The molecule has 2 nitrogen and oxygen atoms in total. The first-order valence-electron chi connectivity index (χ1n) is 4.95. The third kappa shape index (κ3) is 4.20. The SMILES string of the molecule is CC(C)(C)c1cnc(OCC(F)(F)F)c(F)c1. The lowest BCUT2D eigenvalue weighted by Gasteiger charge is -2.19. The van der Waals surface area contributed by atoms with Crippen molar-refractivity contribution < 1.29 is 22.3 Å². The van der Waals surface area contributed by atoms with Crippen LogP contribution in [0, 0.1) is 5.82 Å². The Bertz CT molecular complexity index is 395. The quantitative estimate of drug-likeness (QED) is 0.751. The summed E-state index contributed by atoms with van der Waals surface area (Å²) in [7, 11) is 0. The number of ether oxygens (including phenoxy) is 1. The van der Waals surface area contributed by atoms with E-state index in [1.54, 1.807) is 0 Å². The summed E-state index contributed by atoms with van der Waals surface area (Å²) < 4.78 is 53.3. The molecule has 1 heterocycles. The van der Waals surface area contributed by atoms with Crippen molar-refractivity contribution in [2.45, 2.75) is 32.4 Å². The highest BCUT2D eigenvalue weighted by Gasteiger charge is 2.29. The smallest absolute Gasteiger partial charge is 0.422 e. The summed E-state index contributed by atoms with van der Waals surface area (Å²) in [6, 6.07) is 1.14. The zero-order chi connectivity index (χ0) is 13.3. The molecule has 0 aromatic carbocycles. The van der Waals surface area contributed by atoms with E-state index in [4.69, 9.17) is 0 Å². The second kappa shape index (κ2) is 4.50. The molecule has 0 saturated carbocycles. The predicted octanol–water partition coefficient (Wildman–Crippen LogP) is 3.46. The zero-order valence-corrected chi connectivity index (χ0v) is 9.73. The first kappa shape index (κ1) is 13.7. The van der Waals surface area contributed by atoms with Crippen molar-refractivity contribution in [3.05, 3.63) is 23.6 Å². The lowest BCUT2D eigenvalue weighted by Crippen LogP contribution is -2.20. The van der Waals surface area contributed by atoms with Gasteiger partial charge >= 0.3 is 6.18 Å². The van der Waals surface area contributed by atoms with Gasteiger partial charge in [-0.25, -0.2) is 9.37 Å². The Morgan fingerprint density at radius 3 is 2.24 bits per heavy atom. The van der Waals surface area contributed by atoms with E-state index in [0.29, 0.717) is 5.56 Å². The first-order valence-corrected chi connectivity index (χ1v) is 4.95. The molecule has 0 amide bonds. The van der Waals surface area contributed by atoms with Gasteiger partial charge in [-0.1, -0.05) is 20.8 Å². The van der Waals surface area contributed by atoms with E-state index in [9.17, 15) is 17.6 Å². The average Bonchev–Trinajstić information content (AvgIpc) is 2.12. The van der Waals surface area contributed by atoms with Crippen LogP contribution in [0.15, 0.2) is 12.3 Å². The molecule has 0 N–H and O–H groups in total. The van der Waals surface area contributed by atoms with Gasteiger partial charge in [0, 0.05) is 6.20 Å². The van der Waals surface area contributed by atoms with Crippen LogP contribution < -0.4 is 4.74 Å². The summed E-state index contributed by atoms with van der Waals surface area (Å²) in [5, 5.41) is 0. The van der Waals surface area contributed by atoms with Gasteiger partial charge in [0.05, 0.1) is 0 Å². The number of aromatic nitrogens is 1. The van der Waals surface area contributed by atoms with Crippen LogP contribution in [-0.2, 0) is 5.41 Å². The van der Waals surface area contributed by atoms with Gasteiger partial charge in [-0.05, 0) is 17.0 Å². The fourth-order valence-corrected chi connectivity index (χ4v) is 1.09. The molecule has 0 bridgehead atoms. The third-order valence-corrected chi connectivity index (χ3v) is 2.05. The molecule has 0 spiro atoms. The zero-order valence-electron chi connectivity index (χ0n) is 9.73. The molecule has 6 heteroatoms. The summed E-state index contributed by atoms with van der Waals surface area (Å²) in [6.07, 6.45) is -3.19. The van der Waals surface area contributed by atoms with Gasteiger partial charge in [0.1, 0.15) is 0 Å². The maximum absolute atomic E-state index is 13.4. The van der Waals surface area contributed by atoms with E-state index in [-0.39, 0.29) is 5.41 Å². The van der Waals surface area contributed by atoms with Gasteiger partial charge in [-0.2, -0.15) is 13.2 Å². The lowest BCUT2D eigenvalue weighted by atomic mass is 9.88. The Balaban J connectivity index is 2.84. The second-order valence-corrected chi connectivity index (χ2v) is 4.66. The van der Waals surface area contributed by atoms with Gasteiger partial charge in [0.15, 0.2) is 12.4 Å². The third-order valence-electron chi connectivity index (χ3n) is 2.05. The Morgan fingerprint density at radius 1 is 1.24 bits per heavy atom. The molecular weight excluding hydrogens is 238 g/mol. The molecule has 17 heavy (non-hydrogen) atoms. The molecule has 0 aliphatic heterocycles. The van der Waals surface area contributed by atoms with Gasteiger partial charge in [0.2, 0.25) is 0 Å². The number of alkyl halides is 3. The highest BCUT2D eigenvalue weighted by atomic mass is 19.4. The number of hydrogen-bond acceptors (Lipinski definition) is 2. The Labute approximate surface area is 96.6 Å². The van der Waals surface area contributed by atoms with E-state index in [1.807, 2.05) is 20.8 Å². The second-order valence-electron chi connectivity index (χ2n) is 4.66. The van der Waals surface area contributed by atoms with E-state index < -0.39 is 24.5 Å². The van der Waals surface area contributed by atoms with Crippen LogP contribution in [0.4, 0.5) is 17.6 Å². The highest BCUT2D eigenvalue weighted by Crippen LogP contribution is 2.25. The molecule has 0 atom stereocenters. The average molecular weight is 251 g/mol. The van der Waals surface area contributed by atoms with Crippen molar-refractivity contribution in [1.82, 2.24) is 4.98 Å². The van der Waals surface area contributed by atoms with Crippen LogP contribution >= 0.6 is 0 Å². The van der Waals surface area contributed by atoms with Crippen molar-refractivity contribution in [3.8, 4) is 5.88 Å². The highest BCUT2D eigenvalue weighted by molar-refractivity contribution is 5.25. The molecule has 0 radical (unpaired) electrons. The molecule has 0 fully saturated rings. The largest absolute Gasteiger partial charge is 0.466 e. The minimum atomic E-state index is -4.50. The van der Waals surface area contributed by atoms with Crippen LogP contribution in [0.1, 0.15) is 26.3 Å². The standard InChI is InChI=1S/C11H13F4NO/c1-10(2,3)7-4-8(12)9(16-5-7)17-6-11(13,14)15/h4-5H,6H2,1-3H3. The molecule has 0 aliphatic rings. The topological polar surface area (TPSA) is 22.1 Å². The number of pyridine rings is 1. The van der Waals surface area contributed by atoms with Crippen molar-refractivity contribution in [1.29, 1.82) is 0 Å². The molecular formula is C11H13F4NO. The summed E-state index contributed by atoms with van der Waals surface area (Å²) in [4.78, 5) is 3.55. The van der Waals surface area contributed by atoms with E-state index in [1.165, 1.54) is 6.20 Å². The summed E-state index contributed by atoms with van der Waals surface area (Å²) in [5.41, 5.74) is 0.269. The first-order chi connectivity index (χ1) is 7.59.